The van der Waals surface area contributed by atoms with Gasteiger partial charge in [-0.3, -0.25) is 0 Å². The lowest BCUT2D eigenvalue weighted by Crippen LogP contribution is -1.98. The Balaban J connectivity index is 2.18. The molecule has 3 aromatic rings. The van der Waals surface area contributed by atoms with Crippen molar-refractivity contribution in [2.45, 2.75) is 0 Å². The summed E-state index contributed by atoms with van der Waals surface area (Å²) in [6.45, 7) is 0. The molecular formula is C17H15N3O. The van der Waals surface area contributed by atoms with E-state index < -0.39 is 0 Å². The lowest BCUT2D eigenvalue weighted by atomic mass is 10.0. The van der Waals surface area contributed by atoms with Gasteiger partial charge in [-0.25, -0.2) is 9.97 Å². The molecule has 0 fully saturated rings. The first-order valence-electron chi connectivity index (χ1n) is 6.60. The highest BCUT2D eigenvalue weighted by Crippen LogP contribution is 2.31. The first kappa shape index (κ1) is 13.1. The Morgan fingerprint density at radius 2 is 1.71 bits per heavy atom. The molecule has 3 rings (SSSR count). The highest BCUT2D eigenvalue weighted by Gasteiger charge is 2.11. The number of nitrogens with zero attached hydrogens (tertiary/aromatic N) is 2. The number of rotatable bonds is 3. The average molecular weight is 277 g/mol. The van der Waals surface area contributed by atoms with Crippen LogP contribution in [0.25, 0.3) is 22.4 Å². The minimum atomic E-state index is 0.264. The van der Waals surface area contributed by atoms with E-state index in [-0.39, 0.29) is 5.95 Å². The molecule has 2 aromatic carbocycles. The zero-order chi connectivity index (χ0) is 14.7. The average Bonchev–Trinajstić information content (AvgIpc) is 2.55. The summed E-state index contributed by atoms with van der Waals surface area (Å²) in [5.41, 5.74) is 9.49. The number of hydrogen-bond acceptors (Lipinski definition) is 4. The number of nitrogen functional groups attached to an aromatic ring is 1. The Morgan fingerprint density at radius 1 is 0.952 bits per heavy atom. The molecule has 0 unspecified atom stereocenters. The SMILES string of the molecule is COc1cccc(-c2cnc(N)nc2-c2ccccc2)c1. The molecule has 4 heteroatoms. The number of aromatic nitrogens is 2. The van der Waals surface area contributed by atoms with E-state index in [1.165, 1.54) is 0 Å². The molecule has 0 atom stereocenters. The van der Waals surface area contributed by atoms with Crippen molar-refractivity contribution in [1.29, 1.82) is 0 Å². The van der Waals surface area contributed by atoms with Crippen molar-refractivity contribution in [3.05, 3.63) is 60.8 Å². The summed E-state index contributed by atoms with van der Waals surface area (Å²) in [6.07, 6.45) is 1.75. The van der Waals surface area contributed by atoms with Crippen LogP contribution in [-0.2, 0) is 0 Å². The Bertz CT molecular complexity index is 757. The van der Waals surface area contributed by atoms with E-state index >= 15 is 0 Å². The summed E-state index contributed by atoms with van der Waals surface area (Å²) in [6, 6.07) is 17.7. The maximum absolute atomic E-state index is 5.75. The summed E-state index contributed by atoms with van der Waals surface area (Å²) in [5, 5.41) is 0. The van der Waals surface area contributed by atoms with Crippen LogP contribution in [0.1, 0.15) is 0 Å². The molecule has 104 valence electrons. The van der Waals surface area contributed by atoms with Crippen molar-refractivity contribution in [3.63, 3.8) is 0 Å². The van der Waals surface area contributed by atoms with Crippen molar-refractivity contribution in [1.82, 2.24) is 9.97 Å². The molecule has 0 spiro atoms. The van der Waals surface area contributed by atoms with Gasteiger partial charge in [0.1, 0.15) is 5.75 Å². The first-order valence-corrected chi connectivity index (χ1v) is 6.60. The van der Waals surface area contributed by atoms with Crippen LogP contribution in [0.4, 0.5) is 5.95 Å². The van der Waals surface area contributed by atoms with Gasteiger partial charge in [-0.15, -0.1) is 0 Å². The molecule has 1 heterocycles. The molecule has 0 saturated heterocycles. The third-order valence-corrected chi connectivity index (χ3v) is 3.24. The topological polar surface area (TPSA) is 61.0 Å². The predicted octanol–water partition coefficient (Wildman–Crippen LogP) is 3.40. The minimum Gasteiger partial charge on any atom is -0.497 e. The monoisotopic (exact) mass is 277 g/mol. The number of ether oxygens (including phenoxy) is 1. The first-order chi connectivity index (χ1) is 10.3. The van der Waals surface area contributed by atoms with E-state index in [1.807, 2.05) is 54.6 Å². The van der Waals surface area contributed by atoms with Gasteiger partial charge in [0.05, 0.1) is 12.8 Å². The lowest BCUT2D eigenvalue weighted by molar-refractivity contribution is 0.415. The number of benzene rings is 2. The molecule has 1 aromatic heterocycles. The van der Waals surface area contributed by atoms with Crippen LogP contribution in [0.5, 0.6) is 5.75 Å². The highest BCUT2D eigenvalue weighted by molar-refractivity contribution is 5.81. The van der Waals surface area contributed by atoms with Gasteiger partial charge in [0.2, 0.25) is 5.95 Å². The zero-order valence-corrected chi connectivity index (χ0v) is 11.7. The number of methoxy groups -OCH3 is 1. The fraction of sp³-hybridized carbons (Fsp3) is 0.0588. The molecule has 0 aliphatic carbocycles. The predicted molar refractivity (Wildman–Crippen MR) is 83.9 cm³/mol. The van der Waals surface area contributed by atoms with Gasteiger partial charge in [-0.05, 0) is 17.7 Å². The van der Waals surface area contributed by atoms with E-state index in [9.17, 15) is 0 Å². The minimum absolute atomic E-state index is 0.264. The molecule has 4 nitrogen and oxygen atoms in total. The van der Waals surface area contributed by atoms with Crippen molar-refractivity contribution >= 4 is 5.95 Å². The van der Waals surface area contributed by atoms with Gasteiger partial charge >= 0.3 is 0 Å². The van der Waals surface area contributed by atoms with Gasteiger partial charge in [0.15, 0.2) is 0 Å². The fourth-order valence-corrected chi connectivity index (χ4v) is 2.21. The summed E-state index contributed by atoms with van der Waals surface area (Å²) in [4.78, 5) is 8.52. The van der Waals surface area contributed by atoms with E-state index in [1.54, 1.807) is 13.3 Å². The second kappa shape index (κ2) is 5.63. The standard InChI is InChI=1S/C17H15N3O/c1-21-14-9-5-8-13(10-14)15-11-19-17(18)20-16(15)12-6-3-2-4-7-12/h2-11H,1H3,(H2,18,19,20). The third kappa shape index (κ3) is 2.69. The second-order valence-electron chi connectivity index (χ2n) is 4.59. The molecule has 0 aliphatic rings. The number of nitrogens with two attached hydrogens (primary N) is 1. The Kier molecular flexibility index (Phi) is 3.51. The maximum atomic E-state index is 5.75. The molecule has 0 amide bonds. The molecule has 0 saturated carbocycles. The van der Waals surface area contributed by atoms with Crippen LogP contribution in [0.3, 0.4) is 0 Å². The quantitative estimate of drug-likeness (QED) is 0.797. The molecule has 21 heavy (non-hydrogen) atoms. The van der Waals surface area contributed by atoms with Crippen molar-refractivity contribution in [2.75, 3.05) is 12.8 Å². The number of hydrogen-bond donors (Lipinski definition) is 1. The van der Waals surface area contributed by atoms with Crippen LogP contribution in [-0.4, -0.2) is 17.1 Å². The van der Waals surface area contributed by atoms with Crippen molar-refractivity contribution in [3.8, 4) is 28.1 Å². The van der Waals surface area contributed by atoms with Crippen LogP contribution < -0.4 is 10.5 Å². The smallest absolute Gasteiger partial charge is 0.220 e. The van der Waals surface area contributed by atoms with E-state index in [0.29, 0.717) is 0 Å². The maximum Gasteiger partial charge on any atom is 0.220 e. The Hall–Kier alpha value is -2.88. The van der Waals surface area contributed by atoms with Gasteiger partial charge in [-0.1, -0.05) is 42.5 Å². The summed E-state index contributed by atoms with van der Waals surface area (Å²) in [5.74, 6) is 1.06. The summed E-state index contributed by atoms with van der Waals surface area (Å²) < 4.78 is 5.28. The van der Waals surface area contributed by atoms with E-state index in [0.717, 1.165) is 28.1 Å². The van der Waals surface area contributed by atoms with Crippen LogP contribution in [0.2, 0.25) is 0 Å². The second-order valence-corrected chi connectivity index (χ2v) is 4.59. The van der Waals surface area contributed by atoms with E-state index in [4.69, 9.17) is 10.5 Å². The molecule has 2 N–H and O–H groups in total. The molecular weight excluding hydrogens is 262 g/mol. The van der Waals surface area contributed by atoms with Crippen molar-refractivity contribution < 1.29 is 4.74 Å². The van der Waals surface area contributed by atoms with Gasteiger partial charge < -0.3 is 10.5 Å². The third-order valence-electron chi connectivity index (χ3n) is 3.24. The summed E-state index contributed by atoms with van der Waals surface area (Å²) >= 11 is 0. The van der Waals surface area contributed by atoms with Gasteiger partial charge in [0, 0.05) is 17.3 Å². The van der Waals surface area contributed by atoms with Crippen molar-refractivity contribution in [2.24, 2.45) is 0 Å². The molecule has 0 aliphatic heterocycles. The molecule has 0 bridgehead atoms. The Labute approximate surface area is 123 Å². The molecule has 0 radical (unpaired) electrons. The fourth-order valence-electron chi connectivity index (χ4n) is 2.21. The van der Waals surface area contributed by atoms with Gasteiger partial charge in [-0.2, -0.15) is 0 Å². The van der Waals surface area contributed by atoms with Gasteiger partial charge in [0.25, 0.3) is 0 Å². The van der Waals surface area contributed by atoms with Crippen LogP contribution in [0, 0.1) is 0 Å². The normalized spacial score (nSPS) is 10.3. The van der Waals surface area contributed by atoms with Crippen LogP contribution in [0.15, 0.2) is 60.8 Å². The van der Waals surface area contributed by atoms with E-state index in [2.05, 4.69) is 9.97 Å². The Morgan fingerprint density at radius 3 is 2.48 bits per heavy atom. The lowest BCUT2D eigenvalue weighted by Gasteiger charge is -2.10. The number of anilines is 1. The van der Waals surface area contributed by atoms with Crippen LogP contribution >= 0.6 is 0 Å². The largest absolute Gasteiger partial charge is 0.497 e. The highest BCUT2D eigenvalue weighted by atomic mass is 16.5. The summed E-state index contributed by atoms with van der Waals surface area (Å²) in [7, 11) is 1.65. The zero-order valence-electron chi connectivity index (χ0n) is 11.7.